The number of nitrogen functional groups attached to an aromatic ring is 1. The summed E-state index contributed by atoms with van der Waals surface area (Å²) in [7, 11) is 0. The van der Waals surface area contributed by atoms with Gasteiger partial charge in [0.15, 0.2) is 6.61 Å². The van der Waals surface area contributed by atoms with Gasteiger partial charge in [-0.25, -0.2) is 4.79 Å². The standard InChI is InChI=1S/C15H12ClN3O5/c16-9-2-1-3-10(6-9)18-14(20)8-24-15(21)12-5-4-11(19(22)23)7-13(12)17/h1-7H,8,17H2,(H,18,20). The number of nitro groups is 1. The van der Waals surface area contributed by atoms with E-state index in [4.69, 9.17) is 22.1 Å². The molecule has 24 heavy (non-hydrogen) atoms. The average Bonchev–Trinajstić information content (AvgIpc) is 2.52. The van der Waals surface area contributed by atoms with Crippen LogP contribution in [-0.2, 0) is 9.53 Å². The van der Waals surface area contributed by atoms with E-state index in [1.165, 1.54) is 12.1 Å². The number of anilines is 2. The Bertz CT molecular complexity index is 809. The first-order valence-corrected chi connectivity index (χ1v) is 7.01. The summed E-state index contributed by atoms with van der Waals surface area (Å²) in [6.07, 6.45) is 0. The Hall–Kier alpha value is -3.13. The van der Waals surface area contributed by atoms with Gasteiger partial charge in [-0.1, -0.05) is 17.7 Å². The molecule has 0 bridgehead atoms. The molecule has 2 rings (SSSR count). The number of nitro benzene ring substituents is 1. The van der Waals surface area contributed by atoms with Gasteiger partial charge >= 0.3 is 5.97 Å². The summed E-state index contributed by atoms with van der Waals surface area (Å²) >= 11 is 5.79. The van der Waals surface area contributed by atoms with Crippen LogP contribution in [0.15, 0.2) is 42.5 Å². The van der Waals surface area contributed by atoms with Gasteiger partial charge in [-0.2, -0.15) is 0 Å². The van der Waals surface area contributed by atoms with Gasteiger partial charge in [-0.05, 0) is 24.3 Å². The van der Waals surface area contributed by atoms with Crippen molar-refractivity contribution in [3.05, 3.63) is 63.2 Å². The van der Waals surface area contributed by atoms with Crippen LogP contribution in [0.3, 0.4) is 0 Å². The van der Waals surface area contributed by atoms with Crippen molar-refractivity contribution in [2.75, 3.05) is 17.7 Å². The minimum absolute atomic E-state index is 0.0591. The zero-order chi connectivity index (χ0) is 17.7. The molecule has 0 aromatic heterocycles. The molecule has 0 saturated carbocycles. The van der Waals surface area contributed by atoms with Crippen LogP contribution in [0.5, 0.6) is 0 Å². The number of esters is 1. The SMILES string of the molecule is Nc1cc([N+](=O)[O-])ccc1C(=O)OCC(=O)Nc1cccc(Cl)c1. The Kier molecular flexibility index (Phi) is 5.33. The lowest BCUT2D eigenvalue weighted by molar-refractivity contribution is -0.384. The lowest BCUT2D eigenvalue weighted by Gasteiger charge is -2.08. The fourth-order valence-electron chi connectivity index (χ4n) is 1.82. The molecule has 0 fully saturated rings. The smallest absolute Gasteiger partial charge is 0.340 e. The van der Waals surface area contributed by atoms with Gasteiger partial charge in [-0.15, -0.1) is 0 Å². The van der Waals surface area contributed by atoms with Gasteiger partial charge in [0.1, 0.15) is 0 Å². The fourth-order valence-corrected chi connectivity index (χ4v) is 2.01. The molecule has 0 heterocycles. The molecule has 0 aliphatic heterocycles. The van der Waals surface area contributed by atoms with E-state index in [-0.39, 0.29) is 16.9 Å². The topological polar surface area (TPSA) is 125 Å². The largest absolute Gasteiger partial charge is 0.452 e. The number of nitrogens with one attached hydrogen (secondary N) is 1. The van der Waals surface area contributed by atoms with E-state index < -0.39 is 23.4 Å². The number of nitrogens with two attached hydrogens (primary N) is 1. The predicted molar refractivity (Wildman–Crippen MR) is 87.9 cm³/mol. The van der Waals surface area contributed by atoms with Gasteiger partial charge in [0.25, 0.3) is 11.6 Å². The maximum atomic E-state index is 11.9. The number of hydrogen-bond donors (Lipinski definition) is 2. The van der Waals surface area contributed by atoms with Crippen LogP contribution in [-0.4, -0.2) is 23.4 Å². The monoisotopic (exact) mass is 349 g/mol. The van der Waals surface area contributed by atoms with Crippen LogP contribution in [0.4, 0.5) is 17.1 Å². The molecule has 0 radical (unpaired) electrons. The van der Waals surface area contributed by atoms with Crippen molar-refractivity contribution in [1.82, 2.24) is 0 Å². The van der Waals surface area contributed by atoms with E-state index in [1.807, 2.05) is 0 Å². The second-order valence-electron chi connectivity index (χ2n) is 4.66. The quantitative estimate of drug-likeness (QED) is 0.370. The summed E-state index contributed by atoms with van der Waals surface area (Å²) in [5, 5.41) is 13.6. The van der Waals surface area contributed by atoms with Crippen molar-refractivity contribution in [2.24, 2.45) is 0 Å². The van der Waals surface area contributed by atoms with Gasteiger partial charge in [0, 0.05) is 22.8 Å². The normalized spacial score (nSPS) is 10.0. The minimum Gasteiger partial charge on any atom is -0.452 e. The molecule has 0 atom stereocenters. The van der Waals surface area contributed by atoms with E-state index >= 15 is 0 Å². The van der Waals surface area contributed by atoms with E-state index in [9.17, 15) is 19.7 Å². The maximum absolute atomic E-state index is 11.9. The number of nitrogens with zero attached hydrogens (tertiary/aromatic N) is 1. The number of rotatable bonds is 5. The lowest BCUT2D eigenvalue weighted by Crippen LogP contribution is -2.21. The molecular formula is C15H12ClN3O5. The van der Waals surface area contributed by atoms with Crippen LogP contribution >= 0.6 is 11.6 Å². The highest BCUT2D eigenvalue weighted by Gasteiger charge is 2.16. The number of hydrogen-bond acceptors (Lipinski definition) is 6. The molecule has 3 N–H and O–H groups in total. The summed E-state index contributed by atoms with van der Waals surface area (Å²) in [5.74, 6) is -1.42. The molecule has 124 valence electrons. The van der Waals surface area contributed by atoms with Gasteiger partial charge in [0.2, 0.25) is 0 Å². The second-order valence-corrected chi connectivity index (χ2v) is 5.10. The summed E-state index contributed by atoms with van der Waals surface area (Å²) in [4.78, 5) is 33.6. The van der Waals surface area contributed by atoms with Crippen LogP contribution < -0.4 is 11.1 Å². The number of carbonyl (C=O) groups is 2. The first-order chi connectivity index (χ1) is 11.4. The highest BCUT2D eigenvalue weighted by molar-refractivity contribution is 6.30. The zero-order valence-corrected chi connectivity index (χ0v) is 12.9. The summed E-state index contributed by atoms with van der Waals surface area (Å²) < 4.78 is 4.84. The molecule has 9 heteroatoms. The van der Waals surface area contributed by atoms with Crippen molar-refractivity contribution in [2.45, 2.75) is 0 Å². The third-order valence-corrected chi connectivity index (χ3v) is 3.14. The Labute approximate surface area is 141 Å². The maximum Gasteiger partial charge on any atom is 0.340 e. The highest BCUT2D eigenvalue weighted by Crippen LogP contribution is 2.20. The van der Waals surface area contributed by atoms with Crippen LogP contribution in [0, 0.1) is 10.1 Å². The van der Waals surface area contributed by atoms with E-state index in [0.29, 0.717) is 10.7 Å². The molecule has 1 amide bonds. The number of non-ortho nitro benzene ring substituents is 1. The Morgan fingerprint density at radius 2 is 2.00 bits per heavy atom. The molecular weight excluding hydrogens is 338 g/mol. The first kappa shape index (κ1) is 17.2. The Balaban J connectivity index is 1.95. The number of amides is 1. The zero-order valence-electron chi connectivity index (χ0n) is 12.2. The lowest BCUT2D eigenvalue weighted by atomic mass is 10.1. The van der Waals surface area contributed by atoms with Gasteiger partial charge in [0.05, 0.1) is 16.2 Å². The van der Waals surface area contributed by atoms with Crippen LogP contribution in [0.2, 0.25) is 5.02 Å². The second kappa shape index (κ2) is 7.42. The van der Waals surface area contributed by atoms with Crippen molar-refractivity contribution in [3.63, 3.8) is 0 Å². The van der Waals surface area contributed by atoms with E-state index in [1.54, 1.807) is 18.2 Å². The minimum atomic E-state index is -0.858. The summed E-state index contributed by atoms with van der Waals surface area (Å²) in [6.45, 7) is -0.540. The van der Waals surface area contributed by atoms with E-state index in [0.717, 1.165) is 12.1 Å². The van der Waals surface area contributed by atoms with Crippen molar-refractivity contribution in [1.29, 1.82) is 0 Å². The Morgan fingerprint density at radius 1 is 1.25 bits per heavy atom. The van der Waals surface area contributed by atoms with E-state index in [2.05, 4.69) is 5.32 Å². The molecule has 0 saturated heterocycles. The van der Waals surface area contributed by atoms with Crippen molar-refractivity contribution >= 4 is 40.5 Å². The predicted octanol–water partition coefficient (Wildman–Crippen LogP) is 2.63. The average molecular weight is 350 g/mol. The van der Waals surface area contributed by atoms with Crippen LogP contribution in [0.1, 0.15) is 10.4 Å². The third kappa shape index (κ3) is 4.43. The van der Waals surface area contributed by atoms with Crippen molar-refractivity contribution < 1.29 is 19.2 Å². The highest BCUT2D eigenvalue weighted by atomic mass is 35.5. The molecule has 2 aromatic rings. The molecule has 2 aromatic carbocycles. The van der Waals surface area contributed by atoms with Crippen molar-refractivity contribution in [3.8, 4) is 0 Å². The summed E-state index contributed by atoms with van der Waals surface area (Å²) in [5.41, 5.74) is 5.63. The van der Waals surface area contributed by atoms with Crippen LogP contribution in [0.25, 0.3) is 0 Å². The number of benzene rings is 2. The molecule has 0 aliphatic rings. The molecule has 0 unspecified atom stereocenters. The fraction of sp³-hybridized carbons (Fsp3) is 0.0667. The van der Waals surface area contributed by atoms with Gasteiger partial charge < -0.3 is 15.8 Å². The Morgan fingerprint density at radius 3 is 2.62 bits per heavy atom. The number of carbonyl (C=O) groups excluding carboxylic acids is 2. The molecule has 8 nitrogen and oxygen atoms in total. The molecule has 0 aliphatic carbocycles. The summed E-state index contributed by atoms with van der Waals surface area (Å²) in [6, 6.07) is 9.80. The number of ether oxygens (including phenoxy) is 1. The third-order valence-electron chi connectivity index (χ3n) is 2.91. The number of halogens is 1. The first-order valence-electron chi connectivity index (χ1n) is 6.63. The van der Waals surface area contributed by atoms with Gasteiger partial charge in [-0.3, -0.25) is 14.9 Å². The molecule has 0 spiro atoms.